The molecule has 4 nitrogen and oxygen atoms in total. The van der Waals surface area contributed by atoms with Crippen molar-refractivity contribution in [2.45, 2.75) is 43.5 Å². The van der Waals surface area contributed by atoms with Crippen molar-refractivity contribution in [3.05, 3.63) is 28.8 Å². The SMILES string of the molecule is Cc1cc(Cl)ccc1S(=O)(=O)N1CCCCC1CCN.Cl. The fourth-order valence-corrected chi connectivity index (χ4v) is 4.96. The number of nitrogens with zero attached hydrogens (tertiary/aromatic N) is 1. The van der Waals surface area contributed by atoms with Gasteiger partial charge in [0.1, 0.15) is 0 Å². The van der Waals surface area contributed by atoms with Crippen LogP contribution in [0.4, 0.5) is 0 Å². The second-order valence-electron chi connectivity index (χ2n) is 5.25. The largest absolute Gasteiger partial charge is 0.330 e. The van der Waals surface area contributed by atoms with E-state index in [1.54, 1.807) is 29.4 Å². The minimum absolute atomic E-state index is 0. The summed E-state index contributed by atoms with van der Waals surface area (Å²) < 4.78 is 27.3. The van der Waals surface area contributed by atoms with E-state index in [4.69, 9.17) is 17.3 Å². The lowest BCUT2D eigenvalue weighted by Crippen LogP contribution is -2.44. The monoisotopic (exact) mass is 352 g/mol. The molecule has 1 heterocycles. The molecule has 2 rings (SSSR count). The summed E-state index contributed by atoms with van der Waals surface area (Å²) in [4.78, 5) is 0.353. The molecule has 1 aliphatic heterocycles. The smallest absolute Gasteiger partial charge is 0.243 e. The molecule has 0 radical (unpaired) electrons. The van der Waals surface area contributed by atoms with Crippen LogP contribution >= 0.6 is 24.0 Å². The number of nitrogens with two attached hydrogens (primary N) is 1. The van der Waals surface area contributed by atoms with Gasteiger partial charge >= 0.3 is 0 Å². The average Bonchev–Trinajstić information content (AvgIpc) is 2.39. The molecule has 1 aromatic rings. The van der Waals surface area contributed by atoms with E-state index < -0.39 is 10.0 Å². The molecule has 1 aliphatic rings. The van der Waals surface area contributed by atoms with Crippen molar-refractivity contribution in [3.63, 3.8) is 0 Å². The Labute approximate surface area is 138 Å². The first kappa shape index (κ1) is 18.7. The molecule has 1 fully saturated rings. The van der Waals surface area contributed by atoms with Gasteiger partial charge in [0.05, 0.1) is 4.90 Å². The van der Waals surface area contributed by atoms with Gasteiger partial charge in [0.25, 0.3) is 0 Å². The molecule has 0 aromatic heterocycles. The van der Waals surface area contributed by atoms with E-state index in [-0.39, 0.29) is 18.4 Å². The summed E-state index contributed by atoms with van der Waals surface area (Å²) in [5.74, 6) is 0. The Kier molecular flexibility index (Phi) is 6.94. The summed E-state index contributed by atoms with van der Waals surface area (Å²) in [5, 5.41) is 0.554. The minimum atomic E-state index is -3.46. The van der Waals surface area contributed by atoms with Gasteiger partial charge in [0, 0.05) is 17.6 Å². The van der Waals surface area contributed by atoms with Gasteiger partial charge in [-0.05, 0) is 56.5 Å². The standard InChI is InChI=1S/C14H21ClN2O2S.ClH/c1-11-10-12(15)5-6-14(11)20(18,19)17-9-3-2-4-13(17)7-8-16;/h5-6,10,13H,2-4,7-9,16H2,1H3;1H. The molecule has 0 spiro atoms. The summed E-state index contributed by atoms with van der Waals surface area (Å²) in [5.41, 5.74) is 6.30. The van der Waals surface area contributed by atoms with Crippen molar-refractivity contribution in [2.75, 3.05) is 13.1 Å². The van der Waals surface area contributed by atoms with Crippen molar-refractivity contribution >= 4 is 34.0 Å². The van der Waals surface area contributed by atoms with E-state index in [9.17, 15) is 8.42 Å². The van der Waals surface area contributed by atoms with Crippen LogP contribution in [-0.2, 0) is 10.0 Å². The Bertz CT molecular complexity index is 576. The molecule has 1 atom stereocenters. The van der Waals surface area contributed by atoms with Crippen LogP contribution in [0.15, 0.2) is 23.1 Å². The van der Waals surface area contributed by atoms with Crippen molar-refractivity contribution < 1.29 is 8.42 Å². The number of halogens is 2. The van der Waals surface area contributed by atoms with E-state index >= 15 is 0 Å². The number of aryl methyl sites for hydroxylation is 1. The van der Waals surface area contributed by atoms with E-state index in [0.29, 0.717) is 35.0 Å². The number of piperidine rings is 1. The topological polar surface area (TPSA) is 63.4 Å². The number of hydrogen-bond donors (Lipinski definition) is 1. The number of hydrogen-bond acceptors (Lipinski definition) is 3. The van der Waals surface area contributed by atoms with Crippen LogP contribution < -0.4 is 5.73 Å². The average molecular weight is 353 g/mol. The maximum Gasteiger partial charge on any atom is 0.243 e. The summed E-state index contributed by atoms with van der Waals surface area (Å²) in [6, 6.07) is 4.94. The minimum Gasteiger partial charge on any atom is -0.330 e. The van der Waals surface area contributed by atoms with Crippen LogP contribution in [0, 0.1) is 6.92 Å². The fourth-order valence-electron chi connectivity index (χ4n) is 2.80. The predicted octanol–water partition coefficient (Wildman–Crippen LogP) is 2.96. The second-order valence-corrected chi connectivity index (χ2v) is 7.55. The lowest BCUT2D eigenvalue weighted by molar-refractivity contribution is 0.243. The Balaban J connectivity index is 0.00000220. The first-order chi connectivity index (χ1) is 9.46. The zero-order valence-corrected chi connectivity index (χ0v) is 14.5. The van der Waals surface area contributed by atoms with Crippen molar-refractivity contribution in [2.24, 2.45) is 5.73 Å². The molecule has 0 bridgehead atoms. The van der Waals surface area contributed by atoms with Crippen molar-refractivity contribution in [1.82, 2.24) is 4.31 Å². The molecule has 0 saturated carbocycles. The molecule has 2 N–H and O–H groups in total. The van der Waals surface area contributed by atoms with Crippen LogP contribution in [0.1, 0.15) is 31.2 Å². The van der Waals surface area contributed by atoms with Gasteiger partial charge in [-0.25, -0.2) is 8.42 Å². The zero-order valence-electron chi connectivity index (χ0n) is 12.1. The molecular formula is C14H22Cl2N2O2S. The molecule has 0 amide bonds. The van der Waals surface area contributed by atoms with Gasteiger partial charge in [-0.3, -0.25) is 0 Å². The molecule has 1 saturated heterocycles. The van der Waals surface area contributed by atoms with E-state index in [1.165, 1.54) is 0 Å². The highest BCUT2D eigenvalue weighted by Crippen LogP contribution is 2.29. The number of benzene rings is 1. The van der Waals surface area contributed by atoms with Gasteiger partial charge in [-0.2, -0.15) is 4.31 Å². The molecule has 120 valence electrons. The Morgan fingerprint density at radius 1 is 1.38 bits per heavy atom. The van der Waals surface area contributed by atoms with Crippen molar-refractivity contribution in [3.8, 4) is 0 Å². The van der Waals surface area contributed by atoms with Gasteiger partial charge in [-0.1, -0.05) is 18.0 Å². The molecule has 7 heteroatoms. The van der Waals surface area contributed by atoms with Crippen LogP contribution in [0.3, 0.4) is 0 Å². The molecule has 0 aliphatic carbocycles. The van der Waals surface area contributed by atoms with Gasteiger partial charge in [-0.15, -0.1) is 12.4 Å². The highest BCUT2D eigenvalue weighted by Gasteiger charge is 2.33. The number of rotatable bonds is 4. The first-order valence-electron chi connectivity index (χ1n) is 6.95. The lowest BCUT2D eigenvalue weighted by Gasteiger charge is -2.34. The Morgan fingerprint density at radius 2 is 2.10 bits per heavy atom. The molecule has 21 heavy (non-hydrogen) atoms. The normalized spacial score (nSPS) is 20.0. The van der Waals surface area contributed by atoms with E-state index in [0.717, 1.165) is 19.3 Å². The van der Waals surface area contributed by atoms with Gasteiger partial charge < -0.3 is 5.73 Å². The quantitative estimate of drug-likeness (QED) is 0.905. The fraction of sp³-hybridized carbons (Fsp3) is 0.571. The van der Waals surface area contributed by atoms with Crippen LogP contribution in [0.5, 0.6) is 0 Å². The molecule has 1 unspecified atom stereocenters. The third-order valence-corrected chi connectivity index (χ3v) is 6.14. The third-order valence-electron chi connectivity index (χ3n) is 3.80. The Morgan fingerprint density at radius 3 is 2.71 bits per heavy atom. The van der Waals surface area contributed by atoms with Crippen LogP contribution in [-0.4, -0.2) is 31.9 Å². The third kappa shape index (κ3) is 4.11. The second kappa shape index (κ2) is 7.79. The van der Waals surface area contributed by atoms with Gasteiger partial charge in [0.15, 0.2) is 0 Å². The summed E-state index contributed by atoms with van der Waals surface area (Å²) in [6.45, 7) is 2.87. The highest BCUT2D eigenvalue weighted by atomic mass is 35.5. The molecular weight excluding hydrogens is 331 g/mol. The van der Waals surface area contributed by atoms with Gasteiger partial charge in [0.2, 0.25) is 10.0 Å². The summed E-state index contributed by atoms with van der Waals surface area (Å²) >= 11 is 5.91. The molecule has 1 aromatic carbocycles. The van der Waals surface area contributed by atoms with Crippen LogP contribution in [0.25, 0.3) is 0 Å². The number of sulfonamides is 1. The lowest BCUT2D eigenvalue weighted by atomic mass is 10.0. The highest BCUT2D eigenvalue weighted by molar-refractivity contribution is 7.89. The maximum absolute atomic E-state index is 12.8. The predicted molar refractivity (Wildman–Crippen MR) is 88.6 cm³/mol. The van der Waals surface area contributed by atoms with E-state index in [2.05, 4.69) is 0 Å². The summed E-state index contributed by atoms with van der Waals surface area (Å²) in [6.07, 6.45) is 3.58. The maximum atomic E-state index is 12.8. The van der Waals surface area contributed by atoms with Crippen molar-refractivity contribution in [1.29, 1.82) is 0 Å². The zero-order chi connectivity index (χ0) is 14.8. The summed E-state index contributed by atoms with van der Waals surface area (Å²) in [7, 11) is -3.46. The van der Waals surface area contributed by atoms with Crippen LogP contribution in [0.2, 0.25) is 5.02 Å². The Hall–Kier alpha value is -0.330. The van der Waals surface area contributed by atoms with E-state index in [1.807, 2.05) is 0 Å². The first-order valence-corrected chi connectivity index (χ1v) is 8.76.